The largest absolute Gasteiger partial charge is 0.373 e. The van der Waals surface area contributed by atoms with Crippen LogP contribution in [0.2, 0.25) is 0 Å². The van der Waals surface area contributed by atoms with Gasteiger partial charge in [0.1, 0.15) is 0 Å². The molecule has 2 heterocycles. The molecule has 0 aromatic heterocycles. The molecule has 28 heavy (non-hydrogen) atoms. The highest BCUT2D eigenvalue weighted by molar-refractivity contribution is 7.92. The van der Waals surface area contributed by atoms with Crippen LogP contribution in [0.1, 0.15) is 26.3 Å². The average Bonchev–Trinajstić information content (AvgIpc) is 2.79. The number of para-hydroxylation sites is 2. The molecule has 1 amide bonds. The Balaban J connectivity index is 1.84. The van der Waals surface area contributed by atoms with Crippen molar-refractivity contribution in [1.29, 1.82) is 0 Å². The van der Waals surface area contributed by atoms with Gasteiger partial charge in [0.2, 0.25) is 5.91 Å². The normalized spacial score (nSPS) is 21.0. The Hall–Kier alpha value is -2.54. The number of anilines is 3. The summed E-state index contributed by atoms with van der Waals surface area (Å²) in [5.74, 6) is 0.0497. The Morgan fingerprint density at radius 1 is 1.07 bits per heavy atom. The molecule has 0 saturated heterocycles. The van der Waals surface area contributed by atoms with Gasteiger partial charge in [0.15, 0.2) is 0 Å². The zero-order chi connectivity index (χ0) is 20.3. The molecule has 4 rings (SSSR count). The summed E-state index contributed by atoms with van der Waals surface area (Å²) in [5.41, 5.74) is 2.22. The third-order valence-corrected chi connectivity index (χ3v) is 7.47. The lowest BCUT2D eigenvalue weighted by Gasteiger charge is -2.26. The molecule has 0 spiro atoms. The lowest BCUT2D eigenvalue weighted by atomic mass is 9.86. The standard InChI is InChI=1S/C21H25N3O3S/c1-14-12-23(4)18-7-5-6-8-19(18)24(13-14)28(26,27)15-9-10-17-16(11-15)21(2,3)20(25)22-17/h5-11,14H,12-13H2,1-4H3,(H,22,25). The molecule has 2 aromatic carbocycles. The van der Waals surface area contributed by atoms with E-state index >= 15 is 0 Å². The van der Waals surface area contributed by atoms with Gasteiger partial charge in [-0.1, -0.05) is 19.1 Å². The highest BCUT2D eigenvalue weighted by Crippen LogP contribution is 2.41. The summed E-state index contributed by atoms with van der Waals surface area (Å²) in [4.78, 5) is 14.5. The molecule has 0 saturated carbocycles. The van der Waals surface area contributed by atoms with Gasteiger partial charge >= 0.3 is 0 Å². The van der Waals surface area contributed by atoms with Gasteiger partial charge in [-0.05, 0) is 55.7 Å². The van der Waals surface area contributed by atoms with Gasteiger partial charge in [0.05, 0.1) is 21.7 Å². The molecule has 1 unspecified atom stereocenters. The van der Waals surface area contributed by atoms with Gasteiger partial charge in [-0.2, -0.15) is 0 Å². The summed E-state index contributed by atoms with van der Waals surface area (Å²) in [7, 11) is -1.79. The summed E-state index contributed by atoms with van der Waals surface area (Å²) in [5, 5.41) is 2.83. The predicted molar refractivity (Wildman–Crippen MR) is 112 cm³/mol. The third-order valence-electron chi connectivity index (χ3n) is 5.69. The van der Waals surface area contributed by atoms with Crippen LogP contribution in [0.15, 0.2) is 47.4 Å². The maximum atomic E-state index is 13.6. The van der Waals surface area contributed by atoms with Crippen LogP contribution < -0.4 is 14.5 Å². The van der Waals surface area contributed by atoms with E-state index in [1.54, 1.807) is 18.2 Å². The molecule has 0 bridgehead atoms. The number of hydrogen-bond acceptors (Lipinski definition) is 4. The Kier molecular flexibility index (Phi) is 4.19. The predicted octanol–water partition coefficient (Wildman–Crippen LogP) is 3.20. The molecule has 2 aromatic rings. The van der Waals surface area contributed by atoms with Crippen LogP contribution in [0, 0.1) is 5.92 Å². The maximum Gasteiger partial charge on any atom is 0.264 e. The second-order valence-corrected chi connectivity index (χ2v) is 10.2. The van der Waals surface area contributed by atoms with Gasteiger partial charge in [-0.15, -0.1) is 0 Å². The van der Waals surface area contributed by atoms with Crippen LogP contribution in [0.4, 0.5) is 17.1 Å². The highest BCUT2D eigenvalue weighted by Gasteiger charge is 2.40. The number of amides is 1. The summed E-state index contributed by atoms with van der Waals surface area (Å²) in [6, 6.07) is 12.5. The van der Waals surface area contributed by atoms with Crippen molar-refractivity contribution in [1.82, 2.24) is 0 Å². The first-order chi connectivity index (χ1) is 13.1. The molecule has 1 N–H and O–H groups in total. The van der Waals surface area contributed by atoms with E-state index in [1.165, 1.54) is 4.31 Å². The van der Waals surface area contributed by atoms with Crippen LogP contribution in [0.3, 0.4) is 0 Å². The van der Waals surface area contributed by atoms with Gasteiger partial charge in [-0.25, -0.2) is 8.42 Å². The molecular formula is C21H25N3O3S. The second kappa shape index (κ2) is 6.24. The average molecular weight is 400 g/mol. The fraction of sp³-hybridized carbons (Fsp3) is 0.381. The first kappa shape index (κ1) is 18.8. The first-order valence-corrected chi connectivity index (χ1v) is 10.9. The summed E-state index contributed by atoms with van der Waals surface area (Å²) in [6.45, 7) is 6.85. The zero-order valence-electron chi connectivity index (χ0n) is 16.6. The lowest BCUT2D eigenvalue weighted by molar-refractivity contribution is -0.119. The van der Waals surface area contributed by atoms with Crippen molar-refractivity contribution in [3.8, 4) is 0 Å². The number of benzene rings is 2. The number of nitrogens with one attached hydrogen (secondary N) is 1. The van der Waals surface area contributed by atoms with Crippen molar-refractivity contribution >= 4 is 33.0 Å². The van der Waals surface area contributed by atoms with E-state index in [1.807, 2.05) is 45.2 Å². The monoisotopic (exact) mass is 399 g/mol. The summed E-state index contributed by atoms with van der Waals surface area (Å²) >= 11 is 0. The Labute approximate surface area is 166 Å². The van der Waals surface area contributed by atoms with Crippen LogP contribution in [0.25, 0.3) is 0 Å². The van der Waals surface area contributed by atoms with Crippen LogP contribution in [0.5, 0.6) is 0 Å². The number of fused-ring (bicyclic) bond motifs is 2. The molecule has 1 atom stereocenters. The highest BCUT2D eigenvalue weighted by atomic mass is 32.2. The van der Waals surface area contributed by atoms with Crippen molar-refractivity contribution in [3.63, 3.8) is 0 Å². The van der Waals surface area contributed by atoms with E-state index in [-0.39, 0.29) is 16.7 Å². The SMILES string of the molecule is CC1CN(C)c2ccccc2N(S(=O)(=O)c2ccc3c(c2)C(C)(C)C(=O)N3)C1. The number of nitrogens with zero attached hydrogens (tertiary/aromatic N) is 2. The van der Waals surface area contributed by atoms with Gasteiger partial charge in [0.25, 0.3) is 10.0 Å². The van der Waals surface area contributed by atoms with E-state index in [9.17, 15) is 13.2 Å². The first-order valence-electron chi connectivity index (χ1n) is 9.41. The Bertz CT molecular complexity index is 1060. The van der Waals surface area contributed by atoms with Crippen LogP contribution >= 0.6 is 0 Å². The number of sulfonamides is 1. The Morgan fingerprint density at radius 2 is 1.75 bits per heavy atom. The van der Waals surface area contributed by atoms with Crippen LogP contribution in [-0.4, -0.2) is 34.5 Å². The van der Waals surface area contributed by atoms with Gasteiger partial charge in [0, 0.05) is 25.8 Å². The number of carbonyl (C=O) groups is 1. The number of carbonyl (C=O) groups excluding carboxylic acids is 1. The summed E-state index contributed by atoms with van der Waals surface area (Å²) < 4.78 is 28.8. The van der Waals surface area contributed by atoms with E-state index in [4.69, 9.17) is 0 Å². The lowest BCUT2D eigenvalue weighted by Crippen LogP contribution is -2.35. The quantitative estimate of drug-likeness (QED) is 0.842. The molecular weight excluding hydrogens is 374 g/mol. The topological polar surface area (TPSA) is 69.7 Å². The van der Waals surface area contributed by atoms with E-state index in [0.29, 0.717) is 23.5 Å². The van der Waals surface area contributed by atoms with E-state index < -0.39 is 15.4 Å². The number of rotatable bonds is 2. The molecule has 148 valence electrons. The minimum atomic E-state index is -3.78. The maximum absolute atomic E-state index is 13.6. The number of hydrogen-bond donors (Lipinski definition) is 1. The molecule has 0 fully saturated rings. The second-order valence-electron chi connectivity index (χ2n) is 8.30. The molecule has 0 aliphatic carbocycles. The Morgan fingerprint density at radius 3 is 2.46 bits per heavy atom. The zero-order valence-corrected chi connectivity index (χ0v) is 17.4. The fourth-order valence-electron chi connectivity index (χ4n) is 4.07. The van der Waals surface area contributed by atoms with Gasteiger partial charge in [-0.3, -0.25) is 9.10 Å². The minimum Gasteiger partial charge on any atom is -0.373 e. The van der Waals surface area contributed by atoms with Crippen molar-refractivity contribution in [2.75, 3.05) is 34.7 Å². The van der Waals surface area contributed by atoms with Gasteiger partial charge < -0.3 is 10.2 Å². The van der Waals surface area contributed by atoms with Crippen molar-refractivity contribution in [2.45, 2.75) is 31.1 Å². The van der Waals surface area contributed by atoms with E-state index in [0.717, 1.165) is 12.2 Å². The van der Waals surface area contributed by atoms with Crippen molar-refractivity contribution in [2.24, 2.45) is 5.92 Å². The fourth-order valence-corrected chi connectivity index (χ4v) is 5.69. The molecule has 2 aliphatic heterocycles. The molecule has 0 radical (unpaired) electrons. The van der Waals surface area contributed by atoms with Crippen molar-refractivity contribution < 1.29 is 13.2 Å². The van der Waals surface area contributed by atoms with Crippen molar-refractivity contribution in [3.05, 3.63) is 48.0 Å². The van der Waals surface area contributed by atoms with E-state index in [2.05, 4.69) is 17.1 Å². The third kappa shape index (κ3) is 2.76. The van der Waals surface area contributed by atoms with Crippen LogP contribution in [-0.2, 0) is 20.2 Å². The smallest absolute Gasteiger partial charge is 0.264 e. The summed E-state index contributed by atoms with van der Waals surface area (Å²) in [6.07, 6.45) is 0. The molecule has 7 heteroatoms. The minimum absolute atomic E-state index is 0.118. The molecule has 2 aliphatic rings. The molecule has 6 nitrogen and oxygen atoms in total.